The summed E-state index contributed by atoms with van der Waals surface area (Å²) in [7, 11) is 0. The van der Waals surface area contributed by atoms with E-state index >= 15 is 0 Å². The number of aliphatic hydroxyl groups excluding tert-OH is 1. The summed E-state index contributed by atoms with van der Waals surface area (Å²) in [5, 5.41) is 9.47. The molecule has 1 rings (SSSR count). The summed E-state index contributed by atoms with van der Waals surface area (Å²) in [6, 6.07) is -0.416. The molecule has 1 aliphatic rings. The Balaban J connectivity index is 2.51. The number of aliphatic hydroxyl groups is 1. The SMILES string of the molecule is CCC(C)C(N)C(=O)N1CCCC(O)C1. The number of hydrogen-bond donors (Lipinski definition) is 2. The van der Waals surface area contributed by atoms with Crippen LogP contribution in [0.15, 0.2) is 0 Å². The van der Waals surface area contributed by atoms with Gasteiger partial charge in [-0.15, -0.1) is 0 Å². The van der Waals surface area contributed by atoms with E-state index in [4.69, 9.17) is 5.73 Å². The van der Waals surface area contributed by atoms with Gasteiger partial charge in [-0.1, -0.05) is 20.3 Å². The molecule has 1 fully saturated rings. The molecule has 0 bridgehead atoms. The van der Waals surface area contributed by atoms with Gasteiger partial charge in [0.05, 0.1) is 12.1 Å². The van der Waals surface area contributed by atoms with Gasteiger partial charge in [-0.25, -0.2) is 0 Å². The number of carbonyl (C=O) groups is 1. The van der Waals surface area contributed by atoms with Crippen molar-refractivity contribution in [3.8, 4) is 0 Å². The summed E-state index contributed by atoms with van der Waals surface area (Å²) in [6.45, 7) is 5.20. The largest absolute Gasteiger partial charge is 0.391 e. The normalized spacial score (nSPS) is 26.1. The van der Waals surface area contributed by atoms with Crippen molar-refractivity contribution in [1.82, 2.24) is 4.90 Å². The highest BCUT2D eigenvalue weighted by Crippen LogP contribution is 2.14. The molecule has 0 spiro atoms. The van der Waals surface area contributed by atoms with E-state index in [1.165, 1.54) is 0 Å². The van der Waals surface area contributed by atoms with E-state index in [1.54, 1.807) is 4.90 Å². The van der Waals surface area contributed by atoms with Crippen LogP contribution in [0.2, 0.25) is 0 Å². The van der Waals surface area contributed by atoms with Gasteiger partial charge >= 0.3 is 0 Å². The Morgan fingerprint density at radius 2 is 2.33 bits per heavy atom. The zero-order chi connectivity index (χ0) is 11.4. The van der Waals surface area contributed by atoms with Crippen molar-refractivity contribution in [2.24, 2.45) is 11.7 Å². The second kappa shape index (κ2) is 5.47. The Hall–Kier alpha value is -0.610. The summed E-state index contributed by atoms with van der Waals surface area (Å²) in [4.78, 5) is 13.6. The quantitative estimate of drug-likeness (QED) is 0.712. The van der Waals surface area contributed by atoms with Gasteiger partial charge in [0, 0.05) is 13.1 Å². The minimum Gasteiger partial charge on any atom is -0.391 e. The van der Waals surface area contributed by atoms with Crippen molar-refractivity contribution >= 4 is 5.91 Å². The molecule has 88 valence electrons. The van der Waals surface area contributed by atoms with Crippen molar-refractivity contribution < 1.29 is 9.90 Å². The summed E-state index contributed by atoms with van der Waals surface area (Å²) in [5.41, 5.74) is 5.87. The number of nitrogens with zero attached hydrogens (tertiary/aromatic N) is 1. The number of β-amino-alcohol motifs (C(OH)–C–C–N with tert-alkyl or cyclic N) is 1. The minimum atomic E-state index is -0.416. The Labute approximate surface area is 91.4 Å². The zero-order valence-corrected chi connectivity index (χ0v) is 9.65. The zero-order valence-electron chi connectivity index (χ0n) is 9.65. The highest BCUT2D eigenvalue weighted by atomic mass is 16.3. The number of piperidine rings is 1. The van der Waals surface area contributed by atoms with E-state index < -0.39 is 6.04 Å². The molecule has 15 heavy (non-hydrogen) atoms. The Bertz CT molecular complexity index is 221. The molecule has 0 aromatic heterocycles. The maximum Gasteiger partial charge on any atom is 0.239 e. The van der Waals surface area contributed by atoms with Gasteiger partial charge in [-0.05, 0) is 18.8 Å². The third-order valence-corrected chi connectivity index (χ3v) is 3.25. The van der Waals surface area contributed by atoms with Crippen molar-refractivity contribution in [3.63, 3.8) is 0 Å². The van der Waals surface area contributed by atoms with Crippen LogP contribution in [0.3, 0.4) is 0 Å². The fraction of sp³-hybridized carbons (Fsp3) is 0.909. The van der Waals surface area contributed by atoms with Gasteiger partial charge < -0.3 is 15.7 Å². The van der Waals surface area contributed by atoms with E-state index in [9.17, 15) is 9.90 Å². The fourth-order valence-corrected chi connectivity index (χ4v) is 1.86. The van der Waals surface area contributed by atoms with E-state index in [0.717, 1.165) is 25.8 Å². The summed E-state index contributed by atoms with van der Waals surface area (Å²) < 4.78 is 0. The lowest BCUT2D eigenvalue weighted by Crippen LogP contribution is -2.51. The molecule has 3 N–H and O–H groups in total. The summed E-state index contributed by atoms with van der Waals surface area (Å²) in [6.07, 6.45) is 2.21. The first kappa shape index (κ1) is 12.5. The molecule has 1 saturated heterocycles. The van der Waals surface area contributed by atoms with Crippen LogP contribution in [0.5, 0.6) is 0 Å². The molecule has 4 heteroatoms. The van der Waals surface area contributed by atoms with Crippen molar-refractivity contribution in [2.45, 2.75) is 45.3 Å². The lowest BCUT2D eigenvalue weighted by atomic mass is 9.97. The predicted molar refractivity (Wildman–Crippen MR) is 59.3 cm³/mol. The third-order valence-electron chi connectivity index (χ3n) is 3.25. The van der Waals surface area contributed by atoms with E-state index in [-0.39, 0.29) is 17.9 Å². The van der Waals surface area contributed by atoms with Crippen molar-refractivity contribution in [1.29, 1.82) is 0 Å². The second-order valence-electron chi connectivity index (χ2n) is 4.49. The van der Waals surface area contributed by atoms with Crippen LogP contribution in [-0.2, 0) is 4.79 Å². The number of amides is 1. The molecule has 1 aliphatic heterocycles. The molecule has 0 aromatic rings. The number of carbonyl (C=O) groups excluding carboxylic acids is 1. The smallest absolute Gasteiger partial charge is 0.239 e. The molecule has 4 nitrogen and oxygen atoms in total. The summed E-state index contributed by atoms with van der Waals surface area (Å²) in [5.74, 6) is 0.194. The molecule has 0 aromatic carbocycles. The highest BCUT2D eigenvalue weighted by molar-refractivity contribution is 5.82. The topological polar surface area (TPSA) is 66.6 Å². The lowest BCUT2D eigenvalue weighted by molar-refractivity contribution is -0.136. The van der Waals surface area contributed by atoms with Crippen molar-refractivity contribution in [3.05, 3.63) is 0 Å². The average Bonchev–Trinajstić information content (AvgIpc) is 2.26. The molecular weight excluding hydrogens is 192 g/mol. The van der Waals surface area contributed by atoms with Gasteiger partial charge in [0.25, 0.3) is 0 Å². The van der Waals surface area contributed by atoms with Crippen LogP contribution in [0.4, 0.5) is 0 Å². The highest BCUT2D eigenvalue weighted by Gasteiger charge is 2.28. The molecule has 1 heterocycles. The van der Waals surface area contributed by atoms with Crippen LogP contribution in [0.1, 0.15) is 33.1 Å². The van der Waals surface area contributed by atoms with Gasteiger partial charge in [-0.2, -0.15) is 0 Å². The van der Waals surface area contributed by atoms with Gasteiger partial charge in [0.1, 0.15) is 0 Å². The van der Waals surface area contributed by atoms with Gasteiger partial charge in [-0.3, -0.25) is 4.79 Å². The fourth-order valence-electron chi connectivity index (χ4n) is 1.86. The maximum absolute atomic E-state index is 11.9. The van der Waals surface area contributed by atoms with E-state index in [0.29, 0.717) is 6.54 Å². The predicted octanol–water partition coefficient (Wildman–Crippen LogP) is 0.343. The Morgan fingerprint density at radius 1 is 1.67 bits per heavy atom. The molecule has 1 amide bonds. The average molecular weight is 214 g/mol. The second-order valence-corrected chi connectivity index (χ2v) is 4.49. The molecule has 3 unspecified atom stereocenters. The van der Waals surface area contributed by atoms with Crippen molar-refractivity contribution in [2.75, 3.05) is 13.1 Å². The minimum absolute atomic E-state index is 0.0110. The van der Waals surface area contributed by atoms with Crippen LogP contribution < -0.4 is 5.73 Å². The van der Waals surface area contributed by atoms with E-state index in [2.05, 4.69) is 0 Å². The number of hydrogen-bond acceptors (Lipinski definition) is 3. The summed E-state index contributed by atoms with van der Waals surface area (Å²) >= 11 is 0. The number of nitrogens with two attached hydrogens (primary N) is 1. The maximum atomic E-state index is 11.9. The molecule has 0 saturated carbocycles. The first-order valence-corrected chi connectivity index (χ1v) is 5.78. The first-order chi connectivity index (χ1) is 7.06. The Kier molecular flexibility index (Phi) is 4.54. The third kappa shape index (κ3) is 3.18. The van der Waals surface area contributed by atoms with Crippen LogP contribution in [0.25, 0.3) is 0 Å². The number of rotatable bonds is 3. The van der Waals surface area contributed by atoms with E-state index in [1.807, 2.05) is 13.8 Å². The van der Waals surface area contributed by atoms with Crippen LogP contribution in [0, 0.1) is 5.92 Å². The molecule has 3 atom stereocenters. The lowest BCUT2D eigenvalue weighted by Gasteiger charge is -2.33. The van der Waals surface area contributed by atoms with Crippen LogP contribution >= 0.6 is 0 Å². The number of likely N-dealkylation sites (tertiary alicyclic amines) is 1. The van der Waals surface area contributed by atoms with Gasteiger partial charge in [0.15, 0.2) is 0 Å². The Morgan fingerprint density at radius 3 is 2.87 bits per heavy atom. The monoisotopic (exact) mass is 214 g/mol. The molecular formula is C11H22N2O2. The van der Waals surface area contributed by atoms with Gasteiger partial charge in [0.2, 0.25) is 5.91 Å². The molecule has 0 radical (unpaired) electrons. The first-order valence-electron chi connectivity index (χ1n) is 5.78. The van der Waals surface area contributed by atoms with Crippen LogP contribution in [-0.4, -0.2) is 41.1 Å². The standard InChI is InChI=1S/C11H22N2O2/c1-3-8(2)10(12)11(15)13-6-4-5-9(14)7-13/h8-10,14H,3-7,12H2,1-2H3. The molecule has 0 aliphatic carbocycles.